The molecule has 2 aromatic rings. The molecule has 1 aliphatic heterocycles. The first-order valence-corrected chi connectivity index (χ1v) is 8.33. The number of fused-ring (bicyclic) bond motifs is 1. The summed E-state index contributed by atoms with van der Waals surface area (Å²) in [6.45, 7) is 6.99. The summed E-state index contributed by atoms with van der Waals surface area (Å²) in [5, 5.41) is 0. The van der Waals surface area contributed by atoms with Crippen LogP contribution in [0, 0.1) is 5.82 Å². The molecular weight excluding hydrogens is 305 g/mol. The lowest BCUT2D eigenvalue weighted by Crippen LogP contribution is -2.35. The summed E-state index contributed by atoms with van der Waals surface area (Å²) in [5.74, 6) is 0.234. The Morgan fingerprint density at radius 3 is 2.88 bits per heavy atom. The first-order chi connectivity index (χ1) is 11.5. The Kier molecular flexibility index (Phi) is 4.66. The Bertz CT molecular complexity index is 803. The minimum atomic E-state index is -0.333. The smallest absolute Gasteiger partial charge is 0.156 e. The molecule has 0 saturated carbocycles. The van der Waals surface area contributed by atoms with E-state index in [1.54, 1.807) is 6.07 Å². The number of aliphatic imine (C=N–C) groups is 1. The standard InChI is InChI=1S/C18H24FN5/c1-12(2)24-9-5-8-21-13(11-24)10-15(20)18-22-17-14(19)6-4-7-16(17)23(18)3/h4,6-7,10,12H,5,8-9,11,20H2,1-3H3. The van der Waals surface area contributed by atoms with E-state index in [1.807, 2.05) is 23.8 Å². The molecule has 0 spiro atoms. The van der Waals surface area contributed by atoms with Gasteiger partial charge in [-0.15, -0.1) is 0 Å². The highest BCUT2D eigenvalue weighted by molar-refractivity contribution is 6.02. The molecule has 2 heterocycles. The van der Waals surface area contributed by atoms with E-state index in [0.29, 0.717) is 23.1 Å². The summed E-state index contributed by atoms with van der Waals surface area (Å²) >= 11 is 0. The zero-order valence-corrected chi connectivity index (χ0v) is 14.5. The molecule has 0 radical (unpaired) electrons. The van der Waals surface area contributed by atoms with Gasteiger partial charge in [0.05, 0.1) is 16.9 Å². The maximum Gasteiger partial charge on any atom is 0.156 e. The van der Waals surface area contributed by atoms with Gasteiger partial charge in [-0.25, -0.2) is 9.37 Å². The van der Waals surface area contributed by atoms with E-state index >= 15 is 0 Å². The summed E-state index contributed by atoms with van der Waals surface area (Å²) < 4.78 is 15.7. The van der Waals surface area contributed by atoms with Crippen molar-refractivity contribution in [3.63, 3.8) is 0 Å². The van der Waals surface area contributed by atoms with Gasteiger partial charge < -0.3 is 10.3 Å². The largest absolute Gasteiger partial charge is 0.396 e. The fourth-order valence-electron chi connectivity index (χ4n) is 3.05. The Hall–Kier alpha value is -2.21. The number of nitrogens with two attached hydrogens (primary N) is 1. The molecule has 1 aromatic heterocycles. The van der Waals surface area contributed by atoms with Crippen molar-refractivity contribution in [3.05, 3.63) is 35.9 Å². The number of aromatic nitrogens is 2. The van der Waals surface area contributed by atoms with E-state index in [2.05, 4.69) is 28.7 Å². The average molecular weight is 329 g/mol. The van der Waals surface area contributed by atoms with Crippen molar-refractivity contribution in [1.29, 1.82) is 0 Å². The molecule has 0 atom stereocenters. The molecule has 0 saturated heterocycles. The van der Waals surface area contributed by atoms with Crippen LogP contribution in [0.1, 0.15) is 26.1 Å². The van der Waals surface area contributed by atoms with E-state index in [1.165, 1.54) is 6.07 Å². The van der Waals surface area contributed by atoms with Crippen molar-refractivity contribution in [2.24, 2.45) is 17.8 Å². The van der Waals surface area contributed by atoms with Crippen LogP contribution < -0.4 is 5.73 Å². The van der Waals surface area contributed by atoms with Gasteiger partial charge in [-0.05, 0) is 38.5 Å². The van der Waals surface area contributed by atoms with E-state index in [9.17, 15) is 4.39 Å². The van der Waals surface area contributed by atoms with Crippen LogP contribution in [0.5, 0.6) is 0 Å². The van der Waals surface area contributed by atoms with Gasteiger partial charge in [-0.1, -0.05) is 6.07 Å². The maximum absolute atomic E-state index is 13.9. The molecule has 0 aliphatic carbocycles. The molecule has 1 aliphatic rings. The second-order valence-electron chi connectivity index (χ2n) is 6.49. The van der Waals surface area contributed by atoms with Crippen molar-refractivity contribution in [2.45, 2.75) is 26.3 Å². The maximum atomic E-state index is 13.9. The van der Waals surface area contributed by atoms with Crippen molar-refractivity contribution in [2.75, 3.05) is 19.6 Å². The van der Waals surface area contributed by atoms with Gasteiger partial charge >= 0.3 is 0 Å². The van der Waals surface area contributed by atoms with Gasteiger partial charge in [0.15, 0.2) is 11.6 Å². The summed E-state index contributed by atoms with van der Waals surface area (Å²) in [6, 6.07) is 5.40. The number of imidazole rings is 1. The lowest BCUT2D eigenvalue weighted by molar-refractivity contribution is 0.257. The van der Waals surface area contributed by atoms with Crippen LogP contribution in [0.25, 0.3) is 16.7 Å². The summed E-state index contributed by atoms with van der Waals surface area (Å²) in [4.78, 5) is 11.4. The molecule has 0 unspecified atom stereocenters. The van der Waals surface area contributed by atoms with Crippen LogP contribution >= 0.6 is 0 Å². The number of nitrogens with zero attached hydrogens (tertiary/aromatic N) is 4. The van der Waals surface area contributed by atoms with Crippen molar-refractivity contribution < 1.29 is 4.39 Å². The predicted octanol–water partition coefficient (Wildman–Crippen LogP) is 2.57. The van der Waals surface area contributed by atoms with Gasteiger partial charge in [0.2, 0.25) is 0 Å². The van der Waals surface area contributed by atoms with Crippen molar-refractivity contribution in [1.82, 2.24) is 14.5 Å². The van der Waals surface area contributed by atoms with Gasteiger partial charge in [0.25, 0.3) is 0 Å². The average Bonchev–Trinajstić information content (AvgIpc) is 2.73. The van der Waals surface area contributed by atoms with E-state index < -0.39 is 0 Å². The lowest BCUT2D eigenvalue weighted by atomic mass is 10.2. The zero-order chi connectivity index (χ0) is 17.3. The SMILES string of the molecule is CC(C)N1CCCN=C(C=C(N)c2nc3c(F)cccc3n2C)C1. The Morgan fingerprint density at radius 1 is 1.38 bits per heavy atom. The molecule has 128 valence electrons. The minimum absolute atomic E-state index is 0.333. The fraction of sp³-hybridized carbons (Fsp3) is 0.444. The molecule has 3 rings (SSSR count). The second kappa shape index (κ2) is 6.73. The third kappa shape index (κ3) is 3.19. The normalized spacial score (nSPS) is 17.4. The molecule has 0 bridgehead atoms. The molecule has 0 amide bonds. The fourth-order valence-corrected chi connectivity index (χ4v) is 3.05. The van der Waals surface area contributed by atoms with Gasteiger partial charge in [-0.3, -0.25) is 9.89 Å². The topological polar surface area (TPSA) is 59.4 Å². The van der Waals surface area contributed by atoms with Crippen molar-refractivity contribution in [3.8, 4) is 0 Å². The Labute approximate surface area is 141 Å². The Balaban J connectivity index is 1.94. The van der Waals surface area contributed by atoms with Crippen LogP contribution in [0.15, 0.2) is 29.3 Å². The van der Waals surface area contributed by atoms with Gasteiger partial charge in [0.1, 0.15) is 5.52 Å². The predicted molar refractivity (Wildman–Crippen MR) is 96.5 cm³/mol. The Morgan fingerprint density at radius 2 is 2.17 bits per heavy atom. The number of hydrogen-bond acceptors (Lipinski definition) is 4. The number of halogens is 1. The van der Waals surface area contributed by atoms with Gasteiger partial charge in [0, 0.05) is 32.7 Å². The summed E-state index contributed by atoms with van der Waals surface area (Å²) in [7, 11) is 1.85. The van der Waals surface area contributed by atoms with E-state index in [-0.39, 0.29) is 5.82 Å². The molecule has 6 heteroatoms. The number of benzene rings is 1. The van der Waals surface area contributed by atoms with Crippen LogP contribution in [-0.2, 0) is 7.05 Å². The number of aryl methyl sites for hydroxylation is 1. The molecule has 0 fully saturated rings. The number of para-hydroxylation sites is 1. The first kappa shape index (κ1) is 16.6. The third-order valence-electron chi connectivity index (χ3n) is 4.46. The van der Waals surface area contributed by atoms with Crippen LogP contribution in [-0.4, -0.2) is 45.8 Å². The van der Waals surface area contributed by atoms with Gasteiger partial charge in [-0.2, -0.15) is 0 Å². The first-order valence-electron chi connectivity index (χ1n) is 8.33. The zero-order valence-electron chi connectivity index (χ0n) is 14.5. The quantitative estimate of drug-likeness (QED) is 0.941. The highest BCUT2D eigenvalue weighted by atomic mass is 19.1. The second-order valence-corrected chi connectivity index (χ2v) is 6.49. The van der Waals surface area contributed by atoms with Crippen LogP contribution in [0.3, 0.4) is 0 Å². The van der Waals surface area contributed by atoms with Crippen LogP contribution in [0.2, 0.25) is 0 Å². The third-order valence-corrected chi connectivity index (χ3v) is 4.46. The molecule has 2 N–H and O–H groups in total. The molecule has 1 aromatic carbocycles. The number of rotatable bonds is 3. The van der Waals surface area contributed by atoms with Crippen molar-refractivity contribution >= 4 is 22.4 Å². The minimum Gasteiger partial charge on any atom is -0.396 e. The molecule has 5 nitrogen and oxygen atoms in total. The molecular formula is C18H24FN5. The van der Waals surface area contributed by atoms with E-state index in [0.717, 1.165) is 37.3 Å². The highest BCUT2D eigenvalue weighted by Crippen LogP contribution is 2.20. The monoisotopic (exact) mass is 329 g/mol. The molecule has 24 heavy (non-hydrogen) atoms. The summed E-state index contributed by atoms with van der Waals surface area (Å²) in [5.41, 5.74) is 8.81. The highest BCUT2D eigenvalue weighted by Gasteiger charge is 2.17. The van der Waals surface area contributed by atoms with E-state index in [4.69, 9.17) is 5.73 Å². The van der Waals surface area contributed by atoms with Crippen LogP contribution in [0.4, 0.5) is 4.39 Å². The lowest BCUT2D eigenvalue weighted by Gasteiger charge is -2.24. The summed E-state index contributed by atoms with van der Waals surface area (Å²) in [6.07, 6.45) is 2.92. The number of hydrogen-bond donors (Lipinski definition) is 1.